The Bertz CT molecular complexity index is 186. The highest BCUT2D eigenvalue weighted by Crippen LogP contribution is 2.26. The first kappa shape index (κ1) is 17.9. The van der Waals surface area contributed by atoms with Gasteiger partial charge in [0.25, 0.3) is 0 Å². The lowest BCUT2D eigenvalue weighted by Crippen LogP contribution is -2.31. The first-order chi connectivity index (χ1) is 8.49. The van der Waals surface area contributed by atoms with Gasteiger partial charge in [-0.15, -0.1) is 0 Å². The Labute approximate surface area is 115 Å². The molecule has 0 aromatic heterocycles. The SMILES string of the molecule is CCC(CC)CN(CC)CCCC(C)(C)CCN. The Hall–Kier alpha value is -0.0800. The zero-order chi connectivity index (χ0) is 14.0. The second-order valence-electron chi connectivity index (χ2n) is 6.38. The summed E-state index contributed by atoms with van der Waals surface area (Å²) in [5, 5.41) is 0. The lowest BCUT2D eigenvalue weighted by molar-refractivity contribution is 0.210. The minimum Gasteiger partial charge on any atom is -0.330 e. The third-order valence-electron chi connectivity index (χ3n) is 4.27. The average molecular weight is 256 g/mol. The third kappa shape index (κ3) is 8.10. The number of rotatable bonds is 11. The highest BCUT2D eigenvalue weighted by Gasteiger charge is 2.17. The van der Waals surface area contributed by atoms with Gasteiger partial charge in [-0.3, -0.25) is 0 Å². The predicted octanol–water partition coefficient (Wildman–Crippen LogP) is 3.90. The molecule has 0 amide bonds. The largest absolute Gasteiger partial charge is 0.330 e. The highest BCUT2D eigenvalue weighted by atomic mass is 15.1. The van der Waals surface area contributed by atoms with Crippen molar-refractivity contribution in [1.82, 2.24) is 4.90 Å². The predicted molar refractivity (Wildman–Crippen MR) is 82.9 cm³/mol. The van der Waals surface area contributed by atoms with Gasteiger partial charge in [-0.1, -0.05) is 47.5 Å². The molecule has 0 heterocycles. The lowest BCUT2D eigenvalue weighted by Gasteiger charge is -2.28. The van der Waals surface area contributed by atoms with Gasteiger partial charge in [-0.2, -0.15) is 0 Å². The van der Waals surface area contributed by atoms with Crippen LogP contribution in [0.2, 0.25) is 0 Å². The van der Waals surface area contributed by atoms with Gasteiger partial charge in [0.05, 0.1) is 0 Å². The molecule has 0 unspecified atom stereocenters. The third-order valence-corrected chi connectivity index (χ3v) is 4.27. The van der Waals surface area contributed by atoms with E-state index in [4.69, 9.17) is 5.73 Å². The molecule has 2 nitrogen and oxygen atoms in total. The summed E-state index contributed by atoms with van der Waals surface area (Å²) in [6.07, 6.45) is 6.37. The van der Waals surface area contributed by atoms with Crippen LogP contribution in [-0.2, 0) is 0 Å². The first-order valence-electron chi connectivity index (χ1n) is 7.91. The molecule has 0 aliphatic rings. The van der Waals surface area contributed by atoms with Crippen LogP contribution >= 0.6 is 0 Å². The molecule has 0 aromatic carbocycles. The maximum Gasteiger partial charge on any atom is 0.000934 e. The second kappa shape index (κ2) is 9.80. The van der Waals surface area contributed by atoms with E-state index in [2.05, 4.69) is 39.5 Å². The Kier molecular flexibility index (Phi) is 9.76. The van der Waals surface area contributed by atoms with Gasteiger partial charge in [-0.25, -0.2) is 0 Å². The van der Waals surface area contributed by atoms with Crippen LogP contribution in [0, 0.1) is 11.3 Å². The van der Waals surface area contributed by atoms with Crippen molar-refractivity contribution in [3.63, 3.8) is 0 Å². The van der Waals surface area contributed by atoms with E-state index in [1.807, 2.05) is 0 Å². The summed E-state index contributed by atoms with van der Waals surface area (Å²) in [5.41, 5.74) is 6.08. The van der Waals surface area contributed by atoms with E-state index < -0.39 is 0 Å². The molecule has 0 aromatic rings. The van der Waals surface area contributed by atoms with Crippen LogP contribution < -0.4 is 5.73 Å². The fourth-order valence-corrected chi connectivity index (χ4v) is 2.59. The smallest absolute Gasteiger partial charge is 0.000934 e. The van der Waals surface area contributed by atoms with Crippen molar-refractivity contribution >= 4 is 0 Å². The monoisotopic (exact) mass is 256 g/mol. The zero-order valence-electron chi connectivity index (χ0n) is 13.5. The van der Waals surface area contributed by atoms with Crippen molar-refractivity contribution in [3.05, 3.63) is 0 Å². The van der Waals surface area contributed by atoms with E-state index in [-0.39, 0.29) is 0 Å². The van der Waals surface area contributed by atoms with Crippen molar-refractivity contribution in [2.45, 2.75) is 66.7 Å². The summed E-state index contributed by atoms with van der Waals surface area (Å²) in [6.45, 7) is 16.1. The Morgan fingerprint density at radius 1 is 1.06 bits per heavy atom. The Morgan fingerprint density at radius 3 is 2.11 bits per heavy atom. The normalized spacial score (nSPS) is 12.7. The van der Waals surface area contributed by atoms with Crippen LogP contribution in [0.4, 0.5) is 0 Å². The van der Waals surface area contributed by atoms with E-state index in [0.717, 1.165) is 18.9 Å². The van der Waals surface area contributed by atoms with E-state index in [1.54, 1.807) is 0 Å². The van der Waals surface area contributed by atoms with Crippen molar-refractivity contribution in [3.8, 4) is 0 Å². The average Bonchev–Trinajstić information content (AvgIpc) is 2.33. The standard InChI is InChI=1S/C16H36N2/c1-6-15(7-2)14-18(8-3)13-9-10-16(4,5)11-12-17/h15H,6-14,17H2,1-5H3. The minimum atomic E-state index is 0.420. The molecule has 2 heteroatoms. The Balaban J connectivity index is 3.93. The number of nitrogens with zero attached hydrogens (tertiary/aromatic N) is 1. The minimum absolute atomic E-state index is 0.420. The molecular formula is C16H36N2. The van der Waals surface area contributed by atoms with Crippen LogP contribution in [-0.4, -0.2) is 31.1 Å². The molecule has 2 N–H and O–H groups in total. The van der Waals surface area contributed by atoms with Crippen LogP contribution in [0.3, 0.4) is 0 Å². The summed E-state index contributed by atoms with van der Waals surface area (Å²) >= 11 is 0. The molecule has 0 aliphatic heterocycles. The molecule has 110 valence electrons. The van der Waals surface area contributed by atoms with E-state index in [1.165, 1.54) is 45.3 Å². The molecule has 0 atom stereocenters. The molecule has 0 rings (SSSR count). The maximum absolute atomic E-state index is 5.66. The van der Waals surface area contributed by atoms with E-state index in [0.29, 0.717) is 5.41 Å². The maximum atomic E-state index is 5.66. The Morgan fingerprint density at radius 2 is 1.67 bits per heavy atom. The molecule has 0 saturated heterocycles. The second-order valence-corrected chi connectivity index (χ2v) is 6.38. The highest BCUT2D eigenvalue weighted by molar-refractivity contribution is 4.71. The lowest BCUT2D eigenvalue weighted by atomic mass is 9.84. The zero-order valence-corrected chi connectivity index (χ0v) is 13.5. The molecule has 0 fully saturated rings. The summed E-state index contributed by atoms with van der Waals surface area (Å²) in [7, 11) is 0. The van der Waals surface area contributed by atoms with Crippen molar-refractivity contribution in [1.29, 1.82) is 0 Å². The fraction of sp³-hybridized carbons (Fsp3) is 1.00. The summed E-state index contributed by atoms with van der Waals surface area (Å²) in [6, 6.07) is 0. The van der Waals surface area contributed by atoms with Crippen molar-refractivity contribution < 1.29 is 0 Å². The number of hydrogen-bond acceptors (Lipinski definition) is 2. The van der Waals surface area contributed by atoms with E-state index in [9.17, 15) is 0 Å². The number of hydrogen-bond donors (Lipinski definition) is 1. The van der Waals surface area contributed by atoms with Gasteiger partial charge in [0, 0.05) is 6.54 Å². The topological polar surface area (TPSA) is 29.3 Å². The molecule has 0 spiro atoms. The van der Waals surface area contributed by atoms with Gasteiger partial charge in [-0.05, 0) is 50.2 Å². The summed E-state index contributed by atoms with van der Waals surface area (Å²) in [5.74, 6) is 0.877. The quantitative estimate of drug-likeness (QED) is 0.607. The molecule has 18 heavy (non-hydrogen) atoms. The molecule has 0 saturated carbocycles. The van der Waals surface area contributed by atoms with Gasteiger partial charge >= 0.3 is 0 Å². The number of nitrogens with two attached hydrogens (primary N) is 1. The van der Waals surface area contributed by atoms with E-state index >= 15 is 0 Å². The van der Waals surface area contributed by atoms with Crippen LogP contribution in [0.15, 0.2) is 0 Å². The fourth-order valence-electron chi connectivity index (χ4n) is 2.59. The summed E-state index contributed by atoms with van der Waals surface area (Å²) < 4.78 is 0. The van der Waals surface area contributed by atoms with Crippen LogP contribution in [0.5, 0.6) is 0 Å². The van der Waals surface area contributed by atoms with Gasteiger partial charge in [0.1, 0.15) is 0 Å². The van der Waals surface area contributed by atoms with Crippen LogP contribution in [0.25, 0.3) is 0 Å². The van der Waals surface area contributed by atoms with Gasteiger partial charge in [0.2, 0.25) is 0 Å². The molecular weight excluding hydrogens is 220 g/mol. The molecule has 0 bridgehead atoms. The van der Waals surface area contributed by atoms with Crippen molar-refractivity contribution in [2.75, 3.05) is 26.2 Å². The van der Waals surface area contributed by atoms with Gasteiger partial charge < -0.3 is 10.6 Å². The molecule has 0 aliphatic carbocycles. The first-order valence-corrected chi connectivity index (χ1v) is 7.91. The van der Waals surface area contributed by atoms with Crippen LogP contribution in [0.1, 0.15) is 66.7 Å². The van der Waals surface area contributed by atoms with Gasteiger partial charge in [0.15, 0.2) is 0 Å². The summed E-state index contributed by atoms with van der Waals surface area (Å²) in [4.78, 5) is 2.62. The molecule has 0 radical (unpaired) electrons. The van der Waals surface area contributed by atoms with Crippen molar-refractivity contribution in [2.24, 2.45) is 17.1 Å².